The van der Waals surface area contributed by atoms with Gasteiger partial charge in [0.1, 0.15) is 0 Å². The minimum atomic E-state index is 0.684. The predicted octanol–water partition coefficient (Wildman–Crippen LogP) is 5.94. The minimum absolute atomic E-state index is 0.684. The molecule has 0 amide bonds. The van der Waals surface area contributed by atoms with E-state index in [1.165, 1.54) is 62.1 Å². The molecule has 1 aliphatic rings. The lowest BCUT2D eigenvalue weighted by atomic mass is 9.78. The van der Waals surface area contributed by atoms with Gasteiger partial charge in [0.25, 0.3) is 0 Å². The summed E-state index contributed by atoms with van der Waals surface area (Å²) in [5.41, 5.74) is 3.00. The van der Waals surface area contributed by atoms with E-state index in [0.29, 0.717) is 5.92 Å². The molecular formula is C21H27N. The van der Waals surface area contributed by atoms with Crippen LogP contribution in [0.15, 0.2) is 48.6 Å². The predicted molar refractivity (Wildman–Crippen MR) is 93.6 cm³/mol. The van der Waals surface area contributed by atoms with Crippen molar-refractivity contribution in [2.24, 2.45) is 5.92 Å². The van der Waals surface area contributed by atoms with Crippen molar-refractivity contribution in [2.45, 2.75) is 57.8 Å². The third kappa shape index (κ3) is 5.19. The van der Waals surface area contributed by atoms with Gasteiger partial charge in [-0.15, -0.1) is 0 Å². The van der Waals surface area contributed by atoms with Crippen LogP contribution in [0.5, 0.6) is 0 Å². The van der Waals surface area contributed by atoms with Gasteiger partial charge >= 0.3 is 0 Å². The Bertz CT molecular complexity index is 522. The van der Waals surface area contributed by atoms with Crippen molar-refractivity contribution in [3.05, 3.63) is 59.7 Å². The van der Waals surface area contributed by atoms with Crippen LogP contribution in [0.1, 0.15) is 62.5 Å². The summed E-state index contributed by atoms with van der Waals surface area (Å²) in [4.78, 5) is 0. The fourth-order valence-corrected chi connectivity index (χ4v) is 3.30. The van der Waals surface area contributed by atoms with Gasteiger partial charge in [0, 0.05) is 6.08 Å². The van der Waals surface area contributed by atoms with Crippen molar-refractivity contribution >= 4 is 0 Å². The number of aryl methyl sites for hydroxylation is 1. The zero-order valence-corrected chi connectivity index (χ0v) is 13.7. The molecule has 0 radical (unpaired) electrons. The lowest BCUT2D eigenvalue weighted by Gasteiger charge is -2.27. The molecule has 1 heteroatoms. The summed E-state index contributed by atoms with van der Waals surface area (Å²) in [6.45, 7) is 2.25. The molecule has 1 nitrogen and oxygen atoms in total. The maximum atomic E-state index is 8.46. The summed E-state index contributed by atoms with van der Waals surface area (Å²) in [5.74, 6) is 1.42. The Morgan fingerprint density at radius 1 is 1.09 bits per heavy atom. The highest BCUT2D eigenvalue weighted by Crippen LogP contribution is 2.36. The van der Waals surface area contributed by atoms with E-state index in [0.717, 1.165) is 5.92 Å². The highest BCUT2D eigenvalue weighted by Gasteiger charge is 2.20. The van der Waals surface area contributed by atoms with E-state index in [1.807, 2.05) is 18.2 Å². The highest BCUT2D eigenvalue weighted by atomic mass is 14.3. The van der Waals surface area contributed by atoms with Crippen LogP contribution in [0, 0.1) is 17.2 Å². The van der Waals surface area contributed by atoms with E-state index in [4.69, 9.17) is 5.26 Å². The van der Waals surface area contributed by atoms with Gasteiger partial charge in [0.2, 0.25) is 0 Å². The molecule has 22 heavy (non-hydrogen) atoms. The lowest BCUT2D eigenvalue weighted by Crippen LogP contribution is -2.11. The van der Waals surface area contributed by atoms with Crippen LogP contribution in [-0.4, -0.2) is 0 Å². The summed E-state index contributed by atoms with van der Waals surface area (Å²) >= 11 is 0. The fourth-order valence-electron chi connectivity index (χ4n) is 3.30. The van der Waals surface area contributed by atoms with Crippen LogP contribution >= 0.6 is 0 Å². The Morgan fingerprint density at radius 2 is 1.82 bits per heavy atom. The molecule has 0 N–H and O–H groups in total. The highest BCUT2D eigenvalue weighted by molar-refractivity contribution is 5.26. The monoisotopic (exact) mass is 293 g/mol. The second kappa shape index (κ2) is 9.26. The molecule has 1 saturated carbocycles. The molecule has 1 aromatic carbocycles. The maximum Gasteiger partial charge on any atom is 0.0912 e. The molecule has 1 fully saturated rings. The number of benzene rings is 1. The third-order valence-corrected chi connectivity index (χ3v) is 4.71. The zero-order valence-electron chi connectivity index (χ0n) is 13.7. The van der Waals surface area contributed by atoms with Gasteiger partial charge < -0.3 is 0 Å². The van der Waals surface area contributed by atoms with Gasteiger partial charge in [-0.2, -0.15) is 5.26 Å². The number of nitrogens with zero attached hydrogens (tertiary/aromatic N) is 1. The van der Waals surface area contributed by atoms with Crippen LogP contribution in [0.2, 0.25) is 0 Å². The second-order valence-corrected chi connectivity index (χ2v) is 6.33. The zero-order chi connectivity index (χ0) is 15.6. The molecular weight excluding hydrogens is 266 g/mol. The van der Waals surface area contributed by atoms with E-state index in [9.17, 15) is 0 Å². The Balaban J connectivity index is 1.82. The standard InChI is InChI=1S/C21H27N/c1-2-3-7-18-9-13-20(14-10-18)21-15-11-19(12-16-21)8-5-4-6-17-22/h4-6,8-10,13-14,19,21H,2-3,7,11-12,15-16H2,1H3/b6-4+,8-5+. The third-order valence-electron chi connectivity index (χ3n) is 4.71. The van der Waals surface area contributed by atoms with Gasteiger partial charge in [-0.05, 0) is 61.5 Å². The quantitative estimate of drug-likeness (QED) is 0.470. The Kier molecular flexibility index (Phi) is 6.97. The number of hydrogen-bond donors (Lipinski definition) is 0. The van der Waals surface area contributed by atoms with E-state index in [-0.39, 0.29) is 0 Å². The molecule has 0 bridgehead atoms. The number of rotatable bonds is 6. The summed E-state index contributed by atoms with van der Waals surface area (Å²) in [5, 5.41) is 8.46. The van der Waals surface area contributed by atoms with Gasteiger partial charge in [0.15, 0.2) is 0 Å². The topological polar surface area (TPSA) is 23.8 Å². The first-order valence-corrected chi connectivity index (χ1v) is 8.65. The molecule has 0 saturated heterocycles. The van der Waals surface area contributed by atoms with E-state index in [1.54, 1.807) is 0 Å². The lowest BCUT2D eigenvalue weighted by molar-refractivity contribution is 0.376. The summed E-state index contributed by atoms with van der Waals surface area (Å²) < 4.78 is 0. The molecule has 0 atom stereocenters. The maximum absolute atomic E-state index is 8.46. The first-order chi connectivity index (χ1) is 10.8. The van der Waals surface area contributed by atoms with Crippen LogP contribution < -0.4 is 0 Å². The van der Waals surface area contributed by atoms with Crippen LogP contribution in [0.3, 0.4) is 0 Å². The van der Waals surface area contributed by atoms with Crippen LogP contribution in [0.4, 0.5) is 0 Å². The van der Waals surface area contributed by atoms with Gasteiger partial charge in [-0.3, -0.25) is 0 Å². The van der Waals surface area contributed by atoms with Crippen molar-refractivity contribution in [2.75, 3.05) is 0 Å². The smallest absolute Gasteiger partial charge is 0.0912 e. The molecule has 0 aliphatic heterocycles. The van der Waals surface area contributed by atoms with Crippen LogP contribution in [0.25, 0.3) is 0 Å². The van der Waals surface area contributed by atoms with Crippen molar-refractivity contribution < 1.29 is 0 Å². The van der Waals surface area contributed by atoms with Gasteiger partial charge in [-0.1, -0.05) is 55.8 Å². The first-order valence-electron chi connectivity index (χ1n) is 8.65. The van der Waals surface area contributed by atoms with Gasteiger partial charge in [0.05, 0.1) is 6.07 Å². The molecule has 1 aromatic rings. The fraction of sp³-hybridized carbons (Fsp3) is 0.476. The normalized spacial score (nSPS) is 22.2. The van der Waals surface area contributed by atoms with Gasteiger partial charge in [-0.25, -0.2) is 0 Å². The Morgan fingerprint density at radius 3 is 2.45 bits per heavy atom. The molecule has 116 valence electrons. The summed E-state index contributed by atoms with van der Waals surface area (Å²) in [6, 6.07) is 11.4. The first kappa shape index (κ1) is 16.6. The molecule has 2 rings (SSSR count). The van der Waals surface area contributed by atoms with Crippen molar-refractivity contribution in [1.29, 1.82) is 5.26 Å². The minimum Gasteiger partial charge on any atom is -0.193 e. The molecule has 0 spiro atoms. The molecule has 0 heterocycles. The number of allylic oxidation sites excluding steroid dienone is 4. The summed E-state index contributed by atoms with van der Waals surface area (Å²) in [7, 11) is 0. The van der Waals surface area contributed by atoms with E-state index in [2.05, 4.69) is 37.3 Å². The average molecular weight is 293 g/mol. The largest absolute Gasteiger partial charge is 0.193 e. The SMILES string of the molecule is CCCCc1ccc(C2CCC(/C=C/C=C/C#N)CC2)cc1. The van der Waals surface area contributed by atoms with Crippen molar-refractivity contribution in [1.82, 2.24) is 0 Å². The molecule has 0 aromatic heterocycles. The van der Waals surface area contributed by atoms with E-state index >= 15 is 0 Å². The average Bonchev–Trinajstić information content (AvgIpc) is 2.58. The number of nitriles is 1. The number of unbranched alkanes of at least 4 members (excludes halogenated alkanes) is 1. The Labute approximate surface area is 135 Å². The van der Waals surface area contributed by atoms with E-state index < -0.39 is 0 Å². The number of hydrogen-bond acceptors (Lipinski definition) is 1. The van der Waals surface area contributed by atoms with Crippen LogP contribution in [-0.2, 0) is 6.42 Å². The molecule has 1 aliphatic carbocycles. The van der Waals surface area contributed by atoms with Crippen molar-refractivity contribution in [3.63, 3.8) is 0 Å². The second-order valence-electron chi connectivity index (χ2n) is 6.33. The van der Waals surface area contributed by atoms with Crippen molar-refractivity contribution in [3.8, 4) is 6.07 Å². The Hall–Kier alpha value is -1.81. The molecule has 0 unspecified atom stereocenters. The summed E-state index contributed by atoms with van der Waals surface area (Å²) in [6.07, 6.45) is 16.5.